The minimum absolute atomic E-state index is 0.00196. The minimum atomic E-state index is -0.579. The van der Waals surface area contributed by atoms with Crippen molar-refractivity contribution in [3.05, 3.63) is 29.6 Å². The quantitative estimate of drug-likeness (QED) is 0.717. The third kappa shape index (κ3) is 3.51. The highest BCUT2D eigenvalue weighted by Gasteiger charge is 2.11. The zero-order chi connectivity index (χ0) is 12.1. The first-order valence-corrected chi connectivity index (χ1v) is 5.03. The Morgan fingerprint density at radius 2 is 2.31 bits per heavy atom. The first kappa shape index (κ1) is 12.4. The van der Waals surface area contributed by atoms with Crippen LogP contribution in [0, 0.1) is 5.82 Å². The van der Waals surface area contributed by atoms with E-state index in [2.05, 4.69) is 5.32 Å². The average molecular weight is 226 g/mol. The summed E-state index contributed by atoms with van der Waals surface area (Å²) in [7, 11) is 0. The Morgan fingerprint density at radius 1 is 1.62 bits per heavy atom. The molecule has 0 aromatic heterocycles. The number of carbonyl (C=O) groups is 1. The van der Waals surface area contributed by atoms with E-state index >= 15 is 0 Å². The van der Waals surface area contributed by atoms with Crippen LogP contribution in [0.2, 0.25) is 0 Å². The summed E-state index contributed by atoms with van der Waals surface area (Å²) in [5.41, 5.74) is 5.58. The van der Waals surface area contributed by atoms with Gasteiger partial charge < -0.3 is 16.2 Å². The third-order valence-corrected chi connectivity index (χ3v) is 2.09. The van der Waals surface area contributed by atoms with Crippen LogP contribution in [0.25, 0.3) is 0 Å². The van der Waals surface area contributed by atoms with Gasteiger partial charge in [0.1, 0.15) is 11.6 Å². The molecule has 4 N–H and O–H groups in total. The van der Waals surface area contributed by atoms with Gasteiger partial charge in [-0.3, -0.25) is 4.79 Å². The lowest BCUT2D eigenvalue weighted by Gasteiger charge is -2.08. The molecule has 0 bridgehead atoms. The van der Waals surface area contributed by atoms with Crippen LogP contribution >= 0.6 is 0 Å². The van der Waals surface area contributed by atoms with Crippen molar-refractivity contribution < 1.29 is 14.3 Å². The fraction of sp³-hybridized carbons (Fsp3) is 0.364. The van der Waals surface area contributed by atoms with Crippen molar-refractivity contribution >= 4 is 5.91 Å². The molecular weight excluding hydrogens is 211 g/mol. The maximum atomic E-state index is 12.7. The Balaban J connectivity index is 2.59. The zero-order valence-electron chi connectivity index (χ0n) is 9.03. The monoisotopic (exact) mass is 226 g/mol. The van der Waals surface area contributed by atoms with Crippen LogP contribution in [0.4, 0.5) is 4.39 Å². The SMILES string of the molecule is CC(N)CCNC(=O)c1ccc(F)cc1O. The number of hydrogen-bond acceptors (Lipinski definition) is 3. The second-order valence-electron chi connectivity index (χ2n) is 3.68. The van der Waals surface area contributed by atoms with Gasteiger partial charge in [0.05, 0.1) is 5.56 Å². The predicted molar refractivity (Wildman–Crippen MR) is 58.7 cm³/mol. The van der Waals surface area contributed by atoms with Gasteiger partial charge in [-0.15, -0.1) is 0 Å². The average Bonchev–Trinajstić information content (AvgIpc) is 2.16. The van der Waals surface area contributed by atoms with Gasteiger partial charge >= 0.3 is 0 Å². The number of carbonyl (C=O) groups excluding carboxylic acids is 1. The third-order valence-electron chi connectivity index (χ3n) is 2.09. The molecule has 88 valence electrons. The largest absolute Gasteiger partial charge is 0.507 e. The van der Waals surface area contributed by atoms with Crippen LogP contribution in [0.15, 0.2) is 18.2 Å². The normalized spacial score (nSPS) is 12.2. The van der Waals surface area contributed by atoms with Gasteiger partial charge in [-0.2, -0.15) is 0 Å². The summed E-state index contributed by atoms with van der Waals surface area (Å²) >= 11 is 0. The van der Waals surface area contributed by atoms with Crippen LogP contribution in [0.1, 0.15) is 23.7 Å². The van der Waals surface area contributed by atoms with Gasteiger partial charge in [-0.1, -0.05) is 0 Å². The molecule has 0 spiro atoms. The van der Waals surface area contributed by atoms with Crippen molar-refractivity contribution in [2.45, 2.75) is 19.4 Å². The molecule has 0 heterocycles. The fourth-order valence-electron chi connectivity index (χ4n) is 1.21. The van der Waals surface area contributed by atoms with E-state index in [9.17, 15) is 14.3 Å². The first-order valence-electron chi connectivity index (χ1n) is 5.03. The highest BCUT2D eigenvalue weighted by atomic mass is 19.1. The van der Waals surface area contributed by atoms with Gasteiger partial charge in [0.15, 0.2) is 0 Å². The molecule has 0 aliphatic heterocycles. The maximum Gasteiger partial charge on any atom is 0.255 e. The van der Waals surface area contributed by atoms with Crippen molar-refractivity contribution in [1.29, 1.82) is 0 Å². The Labute approximate surface area is 93.3 Å². The molecule has 0 saturated heterocycles. The Kier molecular flexibility index (Phi) is 4.25. The number of phenols is 1. The number of phenolic OH excluding ortho intramolecular Hbond substituents is 1. The lowest BCUT2D eigenvalue weighted by molar-refractivity contribution is 0.0950. The summed E-state index contributed by atoms with van der Waals surface area (Å²) < 4.78 is 12.7. The van der Waals surface area contributed by atoms with Crippen LogP contribution in [-0.4, -0.2) is 23.6 Å². The number of benzene rings is 1. The minimum Gasteiger partial charge on any atom is -0.507 e. The maximum absolute atomic E-state index is 12.7. The molecule has 16 heavy (non-hydrogen) atoms. The van der Waals surface area contributed by atoms with Gasteiger partial charge in [-0.25, -0.2) is 4.39 Å². The van der Waals surface area contributed by atoms with Crippen molar-refractivity contribution in [1.82, 2.24) is 5.32 Å². The Bertz CT molecular complexity index is 380. The second-order valence-corrected chi connectivity index (χ2v) is 3.68. The van der Waals surface area contributed by atoms with Crippen LogP contribution in [-0.2, 0) is 0 Å². The number of aromatic hydroxyl groups is 1. The molecule has 1 amide bonds. The number of hydrogen-bond donors (Lipinski definition) is 3. The molecule has 1 aromatic carbocycles. The van der Waals surface area contributed by atoms with E-state index < -0.39 is 11.7 Å². The summed E-state index contributed by atoms with van der Waals surface area (Å²) in [4.78, 5) is 11.5. The van der Waals surface area contributed by atoms with Crippen molar-refractivity contribution in [2.24, 2.45) is 5.73 Å². The number of halogens is 1. The van der Waals surface area contributed by atoms with Crippen LogP contribution < -0.4 is 11.1 Å². The second kappa shape index (κ2) is 5.46. The molecule has 4 nitrogen and oxygen atoms in total. The molecule has 0 fully saturated rings. The fourth-order valence-corrected chi connectivity index (χ4v) is 1.21. The lowest BCUT2D eigenvalue weighted by Crippen LogP contribution is -2.28. The smallest absolute Gasteiger partial charge is 0.255 e. The molecule has 1 rings (SSSR count). The van der Waals surface area contributed by atoms with Gasteiger partial charge in [0, 0.05) is 18.7 Å². The van der Waals surface area contributed by atoms with Crippen LogP contribution in [0.5, 0.6) is 5.75 Å². The van der Waals surface area contributed by atoms with Crippen LogP contribution in [0.3, 0.4) is 0 Å². The molecular formula is C11H15FN2O2. The summed E-state index contributed by atoms with van der Waals surface area (Å²) in [5.74, 6) is -1.37. The summed E-state index contributed by atoms with van der Waals surface area (Å²) in [6, 6.07) is 3.27. The topological polar surface area (TPSA) is 75.3 Å². The zero-order valence-corrected chi connectivity index (χ0v) is 9.03. The Morgan fingerprint density at radius 3 is 2.88 bits per heavy atom. The van der Waals surface area contributed by atoms with E-state index in [0.29, 0.717) is 13.0 Å². The van der Waals surface area contributed by atoms with Gasteiger partial charge in [-0.05, 0) is 25.5 Å². The van der Waals surface area contributed by atoms with Gasteiger partial charge in [0.2, 0.25) is 0 Å². The molecule has 0 saturated carbocycles. The molecule has 1 atom stereocenters. The van der Waals surface area contributed by atoms with Crippen molar-refractivity contribution in [3.8, 4) is 5.75 Å². The van der Waals surface area contributed by atoms with E-state index in [1.807, 2.05) is 6.92 Å². The van der Waals surface area contributed by atoms with E-state index in [1.165, 1.54) is 6.07 Å². The summed E-state index contributed by atoms with van der Waals surface area (Å²) in [5, 5.41) is 11.9. The number of amides is 1. The molecule has 0 aliphatic rings. The Hall–Kier alpha value is -1.62. The predicted octanol–water partition coefficient (Wildman–Crippen LogP) is 0.998. The first-order chi connectivity index (χ1) is 7.50. The van der Waals surface area contributed by atoms with E-state index in [-0.39, 0.29) is 17.4 Å². The number of rotatable bonds is 4. The van der Waals surface area contributed by atoms with E-state index in [4.69, 9.17) is 5.73 Å². The standard InChI is InChI=1S/C11H15FN2O2/c1-7(13)4-5-14-11(16)9-3-2-8(12)6-10(9)15/h2-3,6-7,15H,4-5,13H2,1H3,(H,14,16). The number of nitrogens with two attached hydrogens (primary N) is 1. The van der Waals surface area contributed by atoms with Gasteiger partial charge in [0.25, 0.3) is 5.91 Å². The highest BCUT2D eigenvalue weighted by Crippen LogP contribution is 2.17. The molecule has 0 aliphatic carbocycles. The van der Waals surface area contributed by atoms with Crippen molar-refractivity contribution in [3.63, 3.8) is 0 Å². The van der Waals surface area contributed by atoms with Crippen molar-refractivity contribution in [2.75, 3.05) is 6.54 Å². The molecule has 1 aromatic rings. The van der Waals surface area contributed by atoms with E-state index in [1.54, 1.807) is 0 Å². The van der Waals surface area contributed by atoms with E-state index in [0.717, 1.165) is 12.1 Å². The summed E-state index contributed by atoms with van der Waals surface area (Å²) in [6.07, 6.45) is 0.647. The molecule has 1 unspecified atom stereocenters. The highest BCUT2D eigenvalue weighted by molar-refractivity contribution is 5.96. The number of nitrogens with one attached hydrogen (secondary N) is 1. The molecule has 5 heteroatoms. The molecule has 0 radical (unpaired) electrons. The summed E-state index contributed by atoms with van der Waals surface area (Å²) in [6.45, 7) is 2.26. The lowest BCUT2D eigenvalue weighted by atomic mass is 10.1.